The van der Waals surface area contributed by atoms with Crippen LogP contribution in [-0.2, 0) is 4.74 Å². The van der Waals surface area contributed by atoms with Crippen LogP contribution in [0.1, 0.15) is 58.8 Å². The van der Waals surface area contributed by atoms with Gasteiger partial charge in [0.15, 0.2) is 0 Å². The zero-order valence-electron chi connectivity index (χ0n) is 12.1. The van der Waals surface area contributed by atoms with E-state index in [-0.39, 0.29) is 12.2 Å². The van der Waals surface area contributed by atoms with Crippen molar-refractivity contribution in [1.82, 2.24) is 0 Å². The number of nitrogens with zero attached hydrogens (tertiary/aromatic N) is 1. The van der Waals surface area contributed by atoms with E-state index in [0.29, 0.717) is 11.8 Å². The molecule has 0 aromatic carbocycles. The molecule has 0 aromatic rings. The Bertz CT molecular complexity index is 392. The first-order chi connectivity index (χ1) is 9.01. The minimum Gasteiger partial charge on any atom is -0.388 e. The highest BCUT2D eigenvalue weighted by molar-refractivity contribution is 5.21. The number of hydrogen-bond acceptors (Lipinski definition) is 3. The molecule has 0 amide bonds. The van der Waals surface area contributed by atoms with Crippen molar-refractivity contribution in [2.24, 2.45) is 17.3 Å². The predicted molar refractivity (Wildman–Crippen MR) is 72.3 cm³/mol. The summed E-state index contributed by atoms with van der Waals surface area (Å²) in [7, 11) is 0. The van der Waals surface area contributed by atoms with Crippen LogP contribution in [0.25, 0.3) is 0 Å². The largest absolute Gasteiger partial charge is 0.388 e. The maximum atomic E-state index is 11.1. The Balaban J connectivity index is 1.80. The van der Waals surface area contributed by atoms with Crippen molar-refractivity contribution < 1.29 is 9.84 Å². The molecule has 0 aromatic heterocycles. The molecule has 3 aliphatic rings. The van der Waals surface area contributed by atoms with Crippen molar-refractivity contribution in [3.8, 4) is 6.07 Å². The summed E-state index contributed by atoms with van der Waals surface area (Å²) < 4.78 is 5.89. The first-order valence-corrected chi connectivity index (χ1v) is 7.80. The van der Waals surface area contributed by atoms with Gasteiger partial charge in [0.1, 0.15) is 5.41 Å². The molecule has 1 aliphatic carbocycles. The smallest absolute Gasteiger partial charge is 0.114 e. The van der Waals surface area contributed by atoms with Crippen LogP contribution in [0.2, 0.25) is 0 Å². The van der Waals surface area contributed by atoms with Crippen LogP contribution in [0, 0.1) is 28.6 Å². The Labute approximate surface area is 115 Å². The first kappa shape index (κ1) is 13.4. The average molecular weight is 263 g/mol. The van der Waals surface area contributed by atoms with Gasteiger partial charge in [-0.25, -0.2) is 0 Å². The minimum absolute atomic E-state index is 0.0249. The second-order valence-corrected chi connectivity index (χ2v) is 7.22. The molecule has 19 heavy (non-hydrogen) atoms. The fraction of sp³-hybridized carbons (Fsp3) is 0.938. The molecule has 2 saturated heterocycles. The van der Waals surface area contributed by atoms with Gasteiger partial charge in [-0.2, -0.15) is 5.26 Å². The zero-order valence-corrected chi connectivity index (χ0v) is 12.1. The van der Waals surface area contributed by atoms with Gasteiger partial charge in [-0.1, -0.05) is 13.8 Å². The van der Waals surface area contributed by atoms with E-state index < -0.39 is 11.0 Å². The molecule has 1 N–H and O–H groups in total. The lowest BCUT2D eigenvalue weighted by Crippen LogP contribution is -2.55. The third kappa shape index (κ3) is 1.84. The molecule has 3 fully saturated rings. The van der Waals surface area contributed by atoms with Crippen molar-refractivity contribution >= 4 is 0 Å². The van der Waals surface area contributed by atoms with E-state index in [9.17, 15) is 10.4 Å². The number of aliphatic hydroxyl groups is 1. The molecule has 106 valence electrons. The van der Waals surface area contributed by atoms with Gasteiger partial charge in [0, 0.05) is 0 Å². The highest BCUT2D eigenvalue weighted by Crippen LogP contribution is 2.57. The van der Waals surface area contributed by atoms with E-state index in [1.165, 1.54) is 0 Å². The highest BCUT2D eigenvalue weighted by Gasteiger charge is 2.63. The Morgan fingerprint density at radius 3 is 2.32 bits per heavy atom. The van der Waals surface area contributed by atoms with Gasteiger partial charge in [-0.15, -0.1) is 0 Å². The number of ether oxygens (including phenoxy) is 1. The van der Waals surface area contributed by atoms with E-state index in [1.807, 2.05) is 0 Å². The van der Waals surface area contributed by atoms with E-state index in [4.69, 9.17) is 4.74 Å². The van der Waals surface area contributed by atoms with E-state index >= 15 is 0 Å². The number of nitriles is 1. The summed E-state index contributed by atoms with van der Waals surface area (Å²) in [6.07, 6.45) is 6.61. The Morgan fingerprint density at radius 2 is 1.89 bits per heavy atom. The molecule has 3 rings (SSSR count). The van der Waals surface area contributed by atoms with Crippen molar-refractivity contribution in [1.29, 1.82) is 5.26 Å². The maximum absolute atomic E-state index is 11.1. The van der Waals surface area contributed by atoms with Crippen molar-refractivity contribution in [3.63, 3.8) is 0 Å². The lowest BCUT2D eigenvalue weighted by atomic mass is 9.57. The quantitative estimate of drug-likeness (QED) is 0.833. The fourth-order valence-electron chi connectivity index (χ4n) is 4.65. The van der Waals surface area contributed by atoms with Crippen LogP contribution < -0.4 is 0 Å². The second kappa shape index (κ2) is 4.46. The van der Waals surface area contributed by atoms with Crippen LogP contribution >= 0.6 is 0 Å². The van der Waals surface area contributed by atoms with Crippen LogP contribution in [0.5, 0.6) is 0 Å². The van der Waals surface area contributed by atoms with Crippen LogP contribution in [-0.4, -0.2) is 22.9 Å². The molecule has 2 heterocycles. The summed E-state index contributed by atoms with van der Waals surface area (Å²) in [5.41, 5.74) is -1.44. The van der Waals surface area contributed by atoms with Gasteiger partial charge in [-0.05, 0) is 56.8 Å². The molecule has 0 radical (unpaired) electrons. The second-order valence-electron chi connectivity index (χ2n) is 7.22. The van der Waals surface area contributed by atoms with Crippen LogP contribution in [0.4, 0.5) is 0 Å². The van der Waals surface area contributed by atoms with Gasteiger partial charge in [0.05, 0.1) is 23.9 Å². The van der Waals surface area contributed by atoms with E-state index in [2.05, 4.69) is 19.9 Å². The average Bonchev–Trinajstić information content (AvgIpc) is 3.00. The number of hydrogen-bond donors (Lipinski definition) is 1. The standard InChI is InChI=1S/C16H25NO2/c1-11(2)12-5-7-16(18,8-6-12)15(10-17)9-13-3-4-14(15)19-13/h11-14,18H,3-9H2,1-2H3. The summed E-state index contributed by atoms with van der Waals surface area (Å²) >= 11 is 0. The minimum atomic E-state index is -0.813. The summed E-state index contributed by atoms with van der Waals surface area (Å²) in [6.45, 7) is 4.52. The molecular formula is C16H25NO2. The summed E-state index contributed by atoms with van der Waals surface area (Å²) in [4.78, 5) is 0. The van der Waals surface area contributed by atoms with Crippen LogP contribution in [0.15, 0.2) is 0 Å². The lowest BCUT2D eigenvalue weighted by molar-refractivity contribution is -0.116. The summed E-state index contributed by atoms with van der Waals surface area (Å²) in [5.74, 6) is 1.38. The highest BCUT2D eigenvalue weighted by atomic mass is 16.5. The molecule has 2 aliphatic heterocycles. The van der Waals surface area contributed by atoms with Crippen LogP contribution in [0.3, 0.4) is 0 Å². The molecule has 3 nitrogen and oxygen atoms in total. The molecule has 3 heteroatoms. The molecular weight excluding hydrogens is 238 g/mol. The van der Waals surface area contributed by atoms with E-state index in [0.717, 1.165) is 44.9 Å². The molecule has 0 spiro atoms. The van der Waals surface area contributed by atoms with Crippen molar-refractivity contribution in [3.05, 3.63) is 0 Å². The maximum Gasteiger partial charge on any atom is 0.114 e. The molecule has 1 saturated carbocycles. The number of fused-ring (bicyclic) bond motifs is 2. The predicted octanol–water partition coefficient (Wildman–Crippen LogP) is 3.02. The van der Waals surface area contributed by atoms with Crippen molar-refractivity contribution in [2.75, 3.05) is 0 Å². The Morgan fingerprint density at radius 1 is 1.21 bits per heavy atom. The van der Waals surface area contributed by atoms with Gasteiger partial charge < -0.3 is 9.84 Å². The summed E-state index contributed by atoms with van der Waals surface area (Å²) in [5, 5.41) is 20.9. The third-order valence-electron chi connectivity index (χ3n) is 6.04. The monoisotopic (exact) mass is 263 g/mol. The van der Waals surface area contributed by atoms with Gasteiger partial charge in [0.25, 0.3) is 0 Å². The van der Waals surface area contributed by atoms with Crippen molar-refractivity contribution in [2.45, 2.75) is 76.6 Å². The van der Waals surface area contributed by atoms with Gasteiger partial charge >= 0.3 is 0 Å². The van der Waals surface area contributed by atoms with Gasteiger partial charge in [-0.3, -0.25) is 0 Å². The SMILES string of the molecule is CC(C)C1CCC(O)(C2(C#N)CC3CCC2O3)CC1. The van der Waals surface area contributed by atoms with E-state index in [1.54, 1.807) is 0 Å². The Kier molecular flexibility index (Phi) is 3.15. The number of rotatable bonds is 2. The normalized spacial score (nSPS) is 49.5. The summed E-state index contributed by atoms with van der Waals surface area (Å²) in [6, 6.07) is 2.49. The molecule has 2 bridgehead atoms. The first-order valence-electron chi connectivity index (χ1n) is 7.80. The topological polar surface area (TPSA) is 53.2 Å². The molecule has 3 unspecified atom stereocenters. The fourth-order valence-corrected chi connectivity index (χ4v) is 4.65. The molecule has 3 atom stereocenters. The third-order valence-corrected chi connectivity index (χ3v) is 6.04. The van der Waals surface area contributed by atoms with Gasteiger partial charge in [0.2, 0.25) is 0 Å². The lowest BCUT2D eigenvalue weighted by Gasteiger charge is -2.48. The Hall–Kier alpha value is -0.590. The zero-order chi connectivity index (χ0) is 13.7.